The largest absolute Gasteiger partial charge is 0.463 e. The quantitative estimate of drug-likeness (QED) is 0.623. The first-order valence-electron chi connectivity index (χ1n) is 6.06. The Bertz CT molecular complexity index is 584. The second kappa shape index (κ2) is 6.00. The average molecular weight is 257 g/mol. The van der Waals surface area contributed by atoms with Crippen molar-refractivity contribution < 1.29 is 13.9 Å². The van der Waals surface area contributed by atoms with Gasteiger partial charge in [0.2, 0.25) is 0 Å². The van der Waals surface area contributed by atoms with Crippen LogP contribution in [-0.2, 0) is 9.53 Å². The maximum absolute atomic E-state index is 11.5. The maximum Gasteiger partial charge on any atom is 0.333 e. The van der Waals surface area contributed by atoms with Gasteiger partial charge in [-0.2, -0.15) is 0 Å². The lowest BCUT2D eigenvalue weighted by molar-refractivity contribution is -0.138. The molecule has 0 unspecified atom stereocenters. The number of nitrogens with zero attached hydrogens (tertiary/aromatic N) is 1. The van der Waals surface area contributed by atoms with E-state index in [9.17, 15) is 4.79 Å². The molecule has 4 nitrogen and oxygen atoms in total. The lowest BCUT2D eigenvalue weighted by Crippen LogP contribution is -2.04. The Morgan fingerprint density at radius 2 is 2.26 bits per heavy atom. The zero-order valence-corrected chi connectivity index (χ0v) is 10.9. The zero-order chi connectivity index (χ0) is 13.7. The molecule has 0 saturated carbocycles. The molecular weight excluding hydrogens is 242 g/mol. The molecule has 0 atom stereocenters. The highest BCUT2D eigenvalue weighted by atomic mass is 16.5. The fraction of sp³-hybridized carbons (Fsp3) is 0.200. The number of carbonyl (C=O) groups excluding carboxylic acids is 1. The summed E-state index contributed by atoms with van der Waals surface area (Å²) in [5.41, 5.74) is 1.41. The summed E-state index contributed by atoms with van der Waals surface area (Å²) < 4.78 is 10.6. The van der Waals surface area contributed by atoms with E-state index in [-0.39, 0.29) is 5.97 Å². The topological polar surface area (TPSA) is 52.3 Å². The standard InChI is InChI=1S/C15H15NO3/c1-3-18-15(17)11(2)9-13-6-7-14(19-13)12-5-4-8-16-10-12/h4-10H,3H2,1-2H3/b11-9+. The second-order valence-corrected chi connectivity index (χ2v) is 3.99. The van der Waals surface area contributed by atoms with Crippen LogP contribution in [0.2, 0.25) is 0 Å². The van der Waals surface area contributed by atoms with E-state index in [0.717, 1.165) is 11.3 Å². The fourth-order valence-corrected chi connectivity index (χ4v) is 1.61. The van der Waals surface area contributed by atoms with Gasteiger partial charge in [-0.25, -0.2) is 4.79 Å². The number of pyridine rings is 1. The summed E-state index contributed by atoms with van der Waals surface area (Å²) in [7, 11) is 0. The van der Waals surface area contributed by atoms with Gasteiger partial charge in [0.1, 0.15) is 11.5 Å². The molecule has 0 radical (unpaired) electrons. The fourth-order valence-electron chi connectivity index (χ4n) is 1.61. The predicted molar refractivity (Wildman–Crippen MR) is 72.2 cm³/mol. The Hall–Kier alpha value is -2.36. The number of hydrogen-bond donors (Lipinski definition) is 0. The van der Waals surface area contributed by atoms with E-state index < -0.39 is 0 Å². The summed E-state index contributed by atoms with van der Waals surface area (Å²) in [4.78, 5) is 15.5. The number of ether oxygens (including phenoxy) is 1. The van der Waals surface area contributed by atoms with E-state index in [4.69, 9.17) is 9.15 Å². The number of esters is 1. The van der Waals surface area contributed by atoms with Crippen LogP contribution in [0.4, 0.5) is 0 Å². The van der Waals surface area contributed by atoms with Gasteiger partial charge < -0.3 is 9.15 Å². The van der Waals surface area contributed by atoms with Gasteiger partial charge in [0, 0.05) is 23.5 Å². The molecule has 4 heteroatoms. The summed E-state index contributed by atoms with van der Waals surface area (Å²) in [6.45, 7) is 3.84. The Morgan fingerprint density at radius 3 is 2.95 bits per heavy atom. The van der Waals surface area contributed by atoms with Gasteiger partial charge in [0.15, 0.2) is 0 Å². The molecule has 0 aromatic carbocycles. The van der Waals surface area contributed by atoms with Crippen molar-refractivity contribution in [1.82, 2.24) is 4.98 Å². The van der Waals surface area contributed by atoms with E-state index in [0.29, 0.717) is 17.9 Å². The van der Waals surface area contributed by atoms with Gasteiger partial charge >= 0.3 is 5.97 Å². The van der Waals surface area contributed by atoms with E-state index in [1.54, 1.807) is 32.3 Å². The van der Waals surface area contributed by atoms with Crippen molar-refractivity contribution in [2.45, 2.75) is 13.8 Å². The second-order valence-electron chi connectivity index (χ2n) is 3.99. The van der Waals surface area contributed by atoms with Crippen LogP contribution >= 0.6 is 0 Å². The number of rotatable bonds is 4. The van der Waals surface area contributed by atoms with Gasteiger partial charge in [0.05, 0.1) is 6.61 Å². The van der Waals surface area contributed by atoms with Crippen molar-refractivity contribution in [2.75, 3.05) is 6.61 Å². The molecule has 0 amide bonds. The van der Waals surface area contributed by atoms with Gasteiger partial charge in [-0.15, -0.1) is 0 Å². The Labute approximate surface area is 111 Å². The summed E-state index contributed by atoms with van der Waals surface area (Å²) >= 11 is 0. The summed E-state index contributed by atoms with van der Waals surface area (Å²) in [6.07, 6.45) is 5.10. The highest BCUT2D eigenvalue weighted by Gasteiger charge is 2.07. The Morgan fingerprint density at radius 1 is 1.42 bits per heavy atom. The highest BCUT2D eigenvalue weighted by molar-refractivity contribution is 5.92. The molecule has 0 spiro atoms. The van der Waals surface area contributed by atoms with Gasteiger partial charge in [-0.3, -0.25) is 4.98 Å². The minimum Gasteiger partial charge on any atom is -0.463 e. The molecule has 19 heavy (non-hydrogen) atoms. The van der Waals surface area contributed by atoms with Crippen molar-refractivity contribution in [3.05, 3.63) is 48.0 Å². The SMILES string of the molecule is CCOC(=O)/C(C)=C/c1ccc(-c2cccnc2)o1. The van der Waals surface area contributed by atoms with Gasteiger partial charge in [-0.1, -0.05) is 0 Å². The van der Waals surface area contributed by atoms with E-state index in [1.807, 2.05) is 24.3 Å². The first kappa shape index (κ1) is 13.1. The van der Waals surface area contributed by atoms with Crippen LogP contribution in [0.15, 0.2) is 46.6 Å². The minimum absolute atomic E-state index is 0.332. The van der Waals surface area contributed by atoms with Crippen molar-refractivity contribution in [3.63, 3.8) is 0 Å². The van der Waals surface area contributed by atoms with E-state index >= 15 is 0 Å². The molecule has 0 saturated heterocycles. The molecule has 0 aliphatic heterocycles. The summed E-state index contributed by atoms with van der Waals surface area (Å²) in [5, 5.41) is 0. The molecule has 0 aliphatic rings. The molecule has 2 aromatic heterocycles. The van der Waals surface area contributed by atoms with Crippen LogP contribution in [0.1, 0.15) is 19.6 Å². The number of furan rings is 1. The van der Waals surface area contributed by atoms with Gasteiger partial charge in [-0.05, 0) is 44.2 Å². The van der Waals surface area contributed by atoms with Crippen LogP contribution < -0.4 is 0 Å². The minimum atomic E-state index is -0.332. The van der Waals surface area contributed by atoms with Crippen LogP contribution in [-0.4, -0.2) is 17.6 Å². The van der Waals surface area contributed by atoms with Crippen LogP contribution in [0.25, 0.3) is 17.4 Å². The summed E-state index contributed by atoms with van der Waals surface area (Å²) in [5.74, 6) is 1.00. The molecule has 0 fully saturated rings. The van der Waals surface area contributed by atoms with E-state index in [2.05, 4.69) is 4.98 Å². The first-order valence-corrected chi connectivity index (χ1v) is 6.06. The number of hydrogen-bond acceptors (Lipinski definition) is 4. The monoisotopic (exact) mass is 257 g/mol. The molecule has 2 heterocycles. The van der Waals surface area contributed by atoms with Crippen molar-refractivity contribution in [2.24, 2.45) is 0 Å². The molecule has 0 aliphatic carbocycles. The third kappa shape index (κ3) is 3.31. The third-order valence-electron chi connectivity index (χ3n) is 2.53. The smallest absolute Gasteiger partial charge is 0.333 e. The lowest BCUT2D eigenvalue weighted by atomic mass is 10.2. The highest BCUT2D eigenvalue weighted by Crippen LogP contribution is 2.22. The molecule has 2 aromatic rings. The lowest BCUT2D eigenvalue weighted by Gasteiger charge is -2.00. The molecule has 0 bridgehead atoms. The van der Waals surface area contributed by atoms with Crippen molar-refractivity contribution in [1.29, 1.82) is 0 Å². The average Bonchev–Trinajstić information content (AvgIpc) is 2.88. The van der Waals surface area contributed by atoms with Crippen molar-refractivity contribution >= 4 is 12.0 Å². The van der Waals surface area contributed by atoms with Crippen LogP contribution in [0.3, 0.4) is 0 Å². The number of carbonyl (C=O) groups is 1. The predicted octanol–water partition coefficient (Wildman–Crippen LogP) is 3.31. The van der Waals surface area contributed by atoms with Crippen LogP contribution in [0.5, 0.6) is 0 Å². The molecule has 98 valence electrons. The first-order chi connectivity index (χ1) is 9.20. The number of aromatic nitrogens is 1. The molecule has 0 N–H and O–H groups in total. The Balaban J connectivity index is 2.18. The molecular formula is C15H15NO3. The summed E-state index contributed by atoms with van der Waals surface area (Å²) in [6, 6.07) is 7.42. The zero-order valence-electron chi connectivity index (χ0n) is 10.9. The van der Waals surface area contributed by atoms with Crippen LogP contribution in [0, 0.1) is 0 Å². The molecule has 2 rings (SSSR count). The Kier molecular flexibility index (Phi) is 4.13. The van der Waals surface area contributed by atoms with E-state index in [1.165, 1.54) is 0 Å². The third-order valence-corrected chi connectivity index (χ3v) is 2.53. The van der Waals surface area contributed by atoms with Crippen molar-refractivity contribution in [3.8, 4) is 11.3 Å². The maximum atomic E-state index is 11.5. The van der Waals surface area contributed by atoms with Gasteiger partial charge in [0.25, 0.3) is 0 Å². The normalized spacial score (nSPS) is 11.4.